The van der Waals surface area contributed by atoms with Gasteiger partial charge in [0.2, 0.25) is 5.95 Å². The highest BCUT2D eigenvalue weighted by Gasteiger charge is 2.13. The van der Waals surface area contributed by atoms with Crippen molar-refractivity contribution >= 4 is 45.8 Å². The van der Waals surface area contributed by atoms with E-state index < -0.39 is 5.97 Å². The van der Waals surface area contributed by atoms with Crippen LogP contribution in [-0.2, 0) is 4.74 Å². The van der Waals surface area contributed by atoms with E-state index in [1.54, 1.807) is 25.4 Å². The predicted octanol–water partition coefficient (Wildman–Crippen LogP) is 4.60. The molecule has 0 saturated heterocycles. The molecule has 0 unspecified atom stereocenters. The molecule has 0 radical (unpaired) electrons. The quantitative estimate of drug-likeness (QED) is 0.404. The Morgan fingerprint density at radius 1 is 1.22 bits per heavy atom. The Morgan fingerprint density at radius 3 is 2.84 bits per heavy atom. The summed E-state index contributed by atoms with van der Waals surface area (Å²) >= 11 is 5.95. The number of methoxy groups -OCH3 is 1. The van der Waals surface area contributed by atoms with Gasteiger partial charge in [0.1, 0.15) is 5.82 Å². The zero-order valence-electron chi connectivity index (χ0n) is 17.6. The number of fused-ring (bicyclic) bond motifs is 1. The summed E-state index contributed by atoms with van der Waals surface area (Å²) in [7, 11) is 3.58. The van der Waals surface area contributed by atoms with Gasteiger partial charge >= 0.3 is 5.97 Å². The number of halogens is 1. The SMILES string of the molecule is COCCN(C)c1nccc(-n2ccc3cc(Nc4ccc(Cl)cc4C(=O)O)ccc32)n1. The lowest BCUT2D eigenvalue weighted by Crippen LogP contribution is -2.24. The summed E-state index contributed by atoms with van der Waals surface area (Å²) in [5.74, 6) is 0.321. The summed E-state index contributed by atoms with van der Waals surface area (Å²) in [4.78, 5) is 22.5. The summed E-state index contributed by atoms with van der Waals surface area (Å²) < 4.78 is 7.11. The van der Waals surface area contributed by atoms with Gasteiger partial charge in [-0.25, -0.2) is 9.78 Å². The number of nitrogens with one attached hydrogen (secondary N) is 1. The first-order valence-corrected chi connectivity index (χ1v) is 10.3. The molecule has 0 aliphatic rings. The van der Waals surface area contributed by atoms with Crippen molar-refractivity contribution in [2.45, 2.75) is 0 Å². The maximum Gasteiger partial charge on any atom is 0.337 e. The smallest absolute Gasteiger partial charge is 0.337 e. The van der Waals surface area contributed by atoms with Gasteiger partial charge in [0.05, 0.1) is 23.4 Å². The summed E-state index contributed by atoms with van der Waals surface area (Å²) in [6.45, 7) is 1.27. The molecule has 0 fully saturated rings. The van der Waals surface area contributed by atoms with E-state index in [9.17, 15) is 9.90 Å². The average Bonchev–Trinajstić information content (AvgIpc) is 3.22. The predicted molar refractivity (Wildman–Crippen MR) is 126 cm³/mol. The largest absolute Gasteiger partial charge is 0.478 e. The molecule has 32 heavy (non-hydrogen) atoms. The van der Waals surface area contributed by atoms with E-state index in [1.807, 2.05) is 53.0 Å². The van der Waals surface area contributed by atoms with E-state index in [-0.39, 0.29) is 5.56 Å². The number of nitrogens with zero attached hydrogens (tertiary/aromatic N) is 4. The summed E-state index contributed by atoms with van der Waals surface area (Å²) in [5, 5.41) is 14.0. The monoisotopic (exact) mass is 451 g/mol. The van der Waals surface area contributed by atoms with Crippen molar-refractivity contribution in [3.63, 3.8) is 0 Å². The minimum absolute atomic E-state index is 0.112. The number of likely N-dealkylation sites (N-methyl/N-ethyl adjacent to an activating group) is 1. The second-order valence-electron chi connectivity index (χ2n) is 7.21. The van der Waals surface area contributed by atoms with Crippen LogP contribution in [0.2, 0.25) is 5.02 Å². The molecule has 2 aromatic heterocycles. The lowest BCUT2D eigenvalue weighted by atomic mass is 10.1. The summed E-state index contributed by atoms with van der Waals surface area (Å²) in [6.07, 6.45) is 3.68. The van der Waals surface area contributed by atoms with E-state index in [1.165, 1.54) is 6.07 Å². The van der Waals surface area contributed by atoms with Gasteiger partial charge in [-0.05, 0) is 48.5 Å². The number of hydrogen-bond acceptors (Lipinski definition) is 6. The van der Waals surface area contributed by atoms with Crippen LogP contribution in [0, 0.1) is 0 Å². The first-order chi connectivity index (χ1) is 15.5. The number of benzene rings is 2. The van der Waals surface area contributed by atoms with Crippen molar-refractivity contribution in [1.29, 1.82) is 0 Å². The van der Waals surface area contributed by atoms with Crippen LogP contribution < -0.4 is 10.2 Å². The van der Waals surface area contributed by atoms with Crippen molar-refractivity contribution in [3.05, 3.63) is 71.5 Å². The van der Waals surface area contributed by atoms with E-state index in [2.05, 4.69) is 15.3 Å². The second-order valence-corrected chi connectivity index (χ2v) is 7.65. The maximum atomic E-state index is 11.5. The van der Waals surface area contributed by atoms with Crippen LogP contribution in [0.4, 0.5) is 17.3 Å². The van der Waals surface area contributed by atoms with E-state index in [4.69, 9.17) is 16.3 Å². The number of anilines is 3. The van der Waals surface area contributed by atoms with Gasteiger partial charge in [-0.2, -0.15) is 4.98 Å². The molecule has 0 aliphatic carbocycles. The molecular formula is C23H22ClN5O3. The first kappa shape index (κ1) is 21.6. The third kappa shape index (κ3) is 4.51. The lowest BCUT2D eigenvalue weighted by molar-refractivity contribution is 0.0698. The number of ether oxygens (including phenoxy) is 1. The fourth-order valence-electron chi connectivity index (χ4n) is 3.36. The van der Waals surface area contributed by atoms with Gasteiger partial charge in [0.25, 0.3) is 0 Å². The van der Waals surface area contributed by atoms with Gasteiger partial charge in [0.15, 0.2) is 0 Å². The molecule has 0 bridgehead atoms. The highest BCUT2D eigenvalue weighted by molar-refractivity contribution is 6.31. The Morgan fingerprint density at radius 2 is 2.06 bits per heavy atom. The Labute approximate surface area is 190 Å². The molecule has 0 aliphatic heterocycles. The fourth-order valence-corrected chi connectivity index (χ4v) is 3.54. The second kappa shape index (κ2) is 9.25. The Kier molecular flexibility index (Phi) is 6.25. The Hall–Kier alpha value is -3.62. The van der Waals surface area contributed by atoms with Gasteiger partial charge in [-0.3, -0.25) is 0 Å². The van der Waals surface area contributed by atoms with E-state index in [0.29, 0.717) is 29.8 Å². The molecule has 2 aromatic carbocycles. The van der Waals surface area contributed by atoms with Crippen molar-refractivity contribution < 1.29 is 14.6 Å². The Balaban J connectivity index is 1.63. The molecule has 4 aromatic rings. The van der Waals surface area contributed by atoms with Gasteiger partial charge in [-0.1, -0.05) is 11.6 Å². The highest BCUT2D eigenvalue weighted by atomic mass is 35.5. The number of carboxylic acid groups (broad SMARTS) is 1. The zero-order chi connectivity index (χ0) is 22.7. The standard InChI is InChI=1S/C23H22ClN5O3/c1-28(11-12-32-2)23-25-9-7-21(27-23)29-10-8-15-13-17(4-6-20(15)29)26-19-5-3-16(24)14-18(19)22(30)31/h3-10,13-14,26H,11-12H2,1-2H3,(H,30,31). The molecule has 2 heterocycles. The number of carbonyl (C=O) groups is 1. The number of aromatic nitrogens is 3. The van der Waals surface area contributed by atoms with Crippen LogP contribution in [-0.4, -0.2) is 52.9 Å². The molecule has 4 rings (SSSR count). The summed E-state index contributed by atoms with van der Waals surface area (Å²) in [6, 6.07) is 14.4. The molecular weight excluding hydrogens is 430 g/mol. The maximum absolute atomic E-state index is 11.5. The molecule has 9 heteroatoms. The van der Waals surface area contributed by atoms with Gasteiger partial charge in [-0.15, -0.1) is 0 Å². The van der Waals surface area contributed by atoms with Crippen molar-refractivity contribution in [2.24, 2.45) is 0 Å². The molecule has 0 spiro atoms. The first-order valence-electron chi connectivity index (χ1n) is 9.91. The number of rotatable bonds is 8. The van der Waals surface area contributed by atoms with Crippen molar-refractivity contribution in [1.82, 2.24) is 14.5 Å². The number of carboxylic acids is 1. The van der Waals surface area contributed by atoms with Crippen molar-refractivity contribution in [3.8, 4) is 5.82 Å². The lowest BCUT2D eigenvalue weighted by Gasteiger charge is -2.17. The number of hydrogen-bond donors (Lipinski definition) is 2. The Bertz CT molecular complexity index is 1270. The van der Waals surface area contributed by atoms with Gasteiger partial charge in [0, 0.05) is 49.2 Å². The van der Waals surface area contributed by atoms with Crippen LogP contribution in [0.5, 0.6) is 0 Å². The molecule has 164 valence electrons. The van der Waals surface area contributed by atoms with E-state index >= 15 is 0 Å². The van der Waals surface area contributed by atoms with E-state index in [0.717, 1.165) is 22.4 Å². The molecule has 8 nitrogen and oxygen atoms in total. The van der Waals surface area contributed by atoms with Crippen LogP contribution in [0.3, 0.4) is 0 Å². The topological polar surface area (TPSA) is 92.5 Å². The highest BCUT2D eigenvalue weighted by Crippen LogP contribution is 2.28. The molecule has 2 N–H and O–H groups in total. The minimum atomic E-state index is -1.04. The zero-order valence-corrected chi connectivity index (χ0v) is 18.4. The molecule has 0 atom stereocenters. The van der Waals surface area contributed by atoms with Crippen LogP contribution in [0.1, 0.15) is 10.4 Å². The normalized spacial score (nSPS) is 11.0. The number of aromatic carboxylic acids is 1. The minimum Gasteiger partial charge on any atom is -0.478 e. The van der Waals surface area contributed by atoms with Gasteiger partial charge < -0.3 is 24.6 Å². The fraction of sp³-hybridized carbons (Fsp3) is 0.174. The average molecular weight is 452 g/mol. The molecule has 0 saturated carbocycles. The third-order valence-electron chi connectivity index (χ3n) is 5.03. The van der Waals surface area contributed by atoms with Crippen LogP contribution in [0.25, 0.3) is 16.7 Å². The van der Waals surface area contributed by atoms with Crippen molar-refractivity contribution in [2.75, 3.05) is 37.5 Å². The van der Waals surface area contributed by atoms with Crippen LogP contribution in [0.15, 0.2) is 60.9 Å². The van der Waals surface area contributed by atoms with Crippen LogP contribution >= 0.6 is 11.6 Å². The third-order valence-corrected chi connectivity index (χ3v) is 5.26. The summed E-state index contributed by atoms with van der Waals surface area (Å²) in [5.41, 5.74) is 2.32. The molecule has 0 amide bonds.